The van der Waals surface area contributed by atoms with Gasteiger partial charge in [0.05, 0.1) is 12.8 Å². The number of nitrogens with zero attached hydrogens (tertiary/aromatic N) is 3. The van der Waals surface area contributed by atoms with Crippen LogP contribution in [0, 0.1) is 0 Å². The predicted molar refractivity (Wildman–Crippen MR) is 102 cm³/mol. The van der Waals surface area contributed by atoms with Crippen LogP contribution in [0.4, 0.5) is 0 Å². The molecule has 2 fully saturated rings. The molecule has 26 heavy (non-hydrogen) atoms. The summed E-state index contributed by atoms with van der Waals surface area (Å²) in [5.41, 5.74) is 1.96. The average Bonchev–Trinajstić information content (AvgIpc) is 3.18. The normalized spacial score (nSPS) is 20.3. The summed E-state index contributed by atoms with van der Waals surface area (Å²) in [7, 11) is 1.67. The van der Waals surface area contributed by atoms with Crippen LogP contribution in [0.1, 0.15) is 37.8 Å². The topological polar surface area (TPSA) is 41.7 Å². The molecule has 0 bridgehead atoms. The molecule has 0 amide bonds. The minimum absolute atomic E-state index is 0.666. The molecule has 0 radical (unpaired) electrons. The molecule has 4 rings (SSSR count). The molecule has 2 aliphatic rings. The average molecular weight is 355 g/mol. The van der Waals surface area contributed by atoms with Crippen LogP contribution in [0.2, 0.25) is 0 Å². The molecule has 0 N–H and O–H groups in total. The molecule has 1 aromatic heterocycles. The van der Waals surface area contributed by atoms with E-state index in [1.807, 2.05) is 24.3 Å². The van der Waals surface area contributed by atoms with Crippen molar-refractivity contribution in [3.8, 4) is 17.2 Å². The lowest BCUT2D eigenvalue weighted by atomic mass is 9.94. The van der Waals surface area contributed by atoms with Crippen LogP contribution in [0.15, 0.2) is 34.9 Å². The summed E-state index contributed by atoms with van der Waals surface area (Å²) in [5.74, 6) is 1.49. The molecule has 5 heteroatoms. The minimum atomic E-state index is 0.666. The zero-order chi connectivity index (χ0) is 17.8. The van der Waals surface area contributed by atoms with E-state index in [1.165, 1.54) is 45.2 Å². The molecule has 140 valence electrons. The SMILES string of the molecule is COc1cccc(-c2nc(CN3CCN(C4CCCCC4)CC3)co2)c1. The van der Waals surface area contributed by atoms with E-state index in [0.717, 1.165) is 42.7 Å². The second kappa shape index (κ2) is 8.23. The Bertz CT molecular complexity index is 701. The van der Waals surface area contributed by atoms with Crippen LogP contribution >= 0.6 is 0 Å². The van der Waals surface area contributed by atoms with E-state index in [0.29, 0.717) is 5.89 Å². The van der Waals surface area contributed by atoms with E-state index in [1.54, 1.807) is 13.4 Å². The lowest BCUT2D eigenvalue weighted by Gasteiger charge is -2.40. The highest BCUT2D eigenvalue weighted by Gasteiger charge is 2.25. The van der Waals surface area contributed by atoms with Gasteiger partial charge in [-0.15, -0.1) is 0 Å². The van der Waals surface area contributed by atoms with Crippen LogP contribution in [-0.4, -0.2) is 54.1 Å². The highest BCUT2D eigenvalue weighted by Crippen LogP contribution is 2.25. The van der Waals surface area contributed by atoms with Crippen molar-refractivity contribution >= 4 is 0 Å². The van der Waals surface area contributed by atoms with Crippen LogP contribution in [-0.2, 0) is 6.54 Å². The first-order valence-electron chi connectivity index (χ1n) is 9.87. The van der Waals surface area contributed by atoms with Crippen LogP contribution in [0.3, 0.4) is 0 Å². The van der Waals surface area contributed by atoms with Crippen LogP contribution in [0.5, 0.6) is 5.75 Å². The first-order chi connectivity index (χ1) is 12.8. The van der Waals surface area contributed by atoms with E-state index < -0.39 is 0 Å². The van der Waals surface area contributed by atoms with Crippen molar-refractivity contribution in [3.05, 3.63) is 36.2 Å². The van der Waals surface area contributed by atoms with E-state index in [2.05, 4.69) is 14.8 Å². The number of hydrogen-bond acceptors (Lipinski definition) is 5. The van der Waals surface area contributed by atoms with Gasteiger partial charge in [-0.3, -0.25) is 9.80 Å². The summed E-state index contributed by atoms with van der Waals surface area (Å²) in [6.45, 7) is 5.48. The molecular weight excluding hydrogens is 326 g/mol. The fraction of sp³-hybridized carbons (Fsp3) is 0.571. The quantitative estimate of drug-likeness (QED) is 0.816. The first kappa shape index (κ1) is 17.6. The summed E-state index contributed by atoms with van der Waals surface area (Å²) < 4.78 is 11.0. The monoisotopic (exact) mass is 355 g/mol. The first-order valence-corrected chi connectivity index (χ1v) is 9.87. The van der Waals surface area contributed by atoms with Gasteiger partial charge in [0.25, 0.3) is 0 Å². The van der Waals surface area contributed by atoms with E-state index in [4.69, 9.17) is 9.15 Å². The third kappa shape index (κ3) is 4.10. The van der Waals surface area contributed by atoms with Gasteiger partial charge >= 0.3 is 0 Å². The maximum absolute atomic E-state index is 5.70. The number of ether oxygens (including phenoxy) is 1. The zero-order valence-electron chi connectivity index (χ0n) is 15.7. The van der Waals surface area contributed by atoms with Crippen molar-refractivity contribution < 1.29 is 9.15 Å². The number of methoxy groups -OCH3 is 1. The smallest absolute Gasteiger partial charge is 0.226 e. The van der Waals surface area contributed by atoms with Crippen molar-refractivity contribution in [3.63, 3.8) is 0 Å². The van der Waals surface area contributed by atoms with Crippen LogP contribution in [0.25, 0.3) is 11.5 Å². The lowest BCUT2D eigenvalue weighted by Crippen LogP contribution is -2.50. The molecule has 0 spiro atoms. The van der Waals surface area contributed by atoms with Gasteiger partial charge in [0.15, 0.2) is 0 Å². The summed E-state index contributed by atoms with van der Waals surface area (Å²) in [4.78, 5) is 9.88. The zero-order valence-corrected chi connectivity index (χ0v) is 15.7. The molecule has 2 heterocycles. The fourth-order valence-corrected chi connectivity index (χ4v) is 4.23. The molecule has 0 unspecified atom stereocenters. The number of oxazole rings is 1. The Kier molecular flexibility index (Phi) is 5.56. The largest absolute Gasteiger partial charge is 0.497 e. The molecule has 1 saturated heterocycles. The highest BCUT2D eigenvalue weighted by atomic mass is 16.5. The number of hydrogen-bond donors (Lipinski definition) is 0. The minimum Gasteiger partial charge on any atom is -0.497 e. The van der Waals surface area contributed by atoms with Crippen molar-refractivity contribution in [1.82, 2.24) is 14.8 Å². The molecular formula is C21H29N3O2. The van der Waals surface area contributed by atoms with E-state index in [9.17, 15) is 0 Å². The summed E-state index contributed by atoms with van der Waals surface area (Å²) >= 11 is 0. The molecule has 2 aromatic rings. The summed E-state index contributed by atoms with van der Waals surface area (Å²) in [6.07, 6.45) is 8.84. The van der Waals surface area contributed by atoms with Crippen molar-refractivity contribution in [2.75, 3.05) is 33.3 Å². The Morgan fingerprint density at radius 2 is 1.92 bits per heavy atom. The number of rotatable bonds is 5. The van der Waals surface area contributed by atoms with Gasteiger partial charge in [-0.25, -0.2) is 4.98 Å². The van der Waals surface area contributed by atoms with E-state index >= 15 is 0 Å². The maximum Gasteiger partial charge on any atom is 0.226 e. The number of aromatic nitrogens is 1. The Morgan fingerprint density at radius 1 is 1.12 bits per heavy atom. The van der Waals surface area contributed by atoms with Gasteiger partial charge < -0.3 is 9.15 Å². The van der Waals surface area contributed by atoms with Crippen molar-refractivity contribution in [2.24, 2.45) is 0 Å². The fourth-order valence-electron chi connectivity index (χ4n) is 4.23. The van der Waals surface area contributed by atoms with Crippen molar-refractivity contribution in [2.45, 2.75) is 44.7 Å². The second-order valence-electron chi connectivity index (χ2n) is 7.48. The summed E-state index contributed by atoms with van der Waals surface area (Å²) in [6, 6.07) is 8.68. The molecule has 1 aromatic carbocycles. The Morgan fingerprint density at radius 3 is 2.69 bits per heavy atom. The third-order valence-corrected chi connectivity index (χ3v) is 5.75. The molecule has 1 aliphatic heterocycles. The molecule has 5 nitrogen and oxygen atoms in total. The maximum atomic E-state index is 5.70. The number of piperazine rings is 1. The van der Waals surface area contributed by atoms with E-state index in [-0.39, 0.29) is 0 Å². The summed E-state index contributed by atoms with van der Waals surface area (Å²) in [5, 5.41) is 0. The molecule has 1 aliphatic carbocycles. The standard InChI is InChI=1S/C21H29N3O2/c1-25-20-9-5-6-17(14-20)21-22-18(16-26-21)15-23-10-12-24(13-11-23)19-7-3-2-4-8-19/h5-6,9,14,16,19H,2-4,7-8,10-13,15H2,1H3. The van der Waals surface area contributed by atoms with Crippen LogP contribution < -0.4 is 4.74 Å². The highest BCUT2D eigenvalue weighted by molar-refractivity contribution is 5.55. The lowest BCUT2D eigenvalue weighted by molar-refractivity contribution is 0.0749. The van der Waals surface area contributed by atoms with Gasteiger partial charge in [0.1, 0.15) is 12.0 Å². The Labute approximate surface area is 156 Å². The molecule has 1 saturated carbocycles. The predicted octanol–water partition coefficient (Wildman–Crippen LogP) is 3.80. The van der Waals surface area contributed by atoms with Gasteiger partial charge in [0.2, 0.25) is 5.89 Å². The molecule has 0 atom stereocenters. The number of benzene rings is 1. The Hall–Kier alpha value is -1.85. The van der Waals surface area contributed by atoms with Gasteiger partial charge in [0, 0.05) is 44.3 Å². The third-order valence-electron chi connectivity index (χ3n) is 5.75. The second-order valence-corrected chi connectivity index (χ2v) is 7.48. The van der Waals surface area contributed by atoms with Gasteiger partial charge in [-0.05, 0) is 31.0 Å². The van der Waals surface area contributed by atoms with Gasteiger partial charge in [-0.1, -0.05) is 25.3 Å². The Balaban J connectivity index is 1.32. The van der Waals surface area contributed by atoms with Crippen molar-refractivity contribution in [1.29, 1.82) is 0 Å². The van der Waals surface area contributed by atoms with Gasteiger partial charge in [-0.2, -0.15) is 0 Å².